The SMILES string of the molecule is CN(C)c1ccc2cc3ccc(N(C)C)cc3[n+](CCCCCCN=[N+]=[N-])c2c1. The summed E-state index contributed by atoms with van der Waals surface area (Å²) in [6, 6.07) is 15.7. The zero-order valence-electron chi connectivity index (χ0n) is 18.0. The van der Waals surface area contributed by atoms with Crippen LogP contribution in [0.4, 0.5) is 11.4 Å². The van der Waals surface area contributed by atoms with E-state index >= 15 is 0 Å². The molecule has 0 aliphatic rings. The smallest absolute Gasteiger partial charge is 0.215 e. The Bertz CT molecular complexity index is 968. The van der Waals surface area contributed by atoms with Gasteiger partial charge in [0.2, 0.25) is 11.0 Å². The normalized spacial score (nSPS) is 10.9. The summed E-state index contributed by atoms with van der Waals surface area (Å²) < 4.78 is 2.47. The van der Waals surface area contributed by atoms with E-state index in [2.05, 4.69) is 95.0 Å². The predicted molar refractivity (Wildman–Crippen MR) is 123 cm³/mol. The molecule has 1 aromatic heterocycles. The van der Waals surface area contributed by atoms with Crippen LogP contribution in [0.1, 0.15) is 25.7 Å². The molecule has 0 saturated carbocycles. The molecule has 1 heterocycles. The van der Waals surface area contributed by atoms with Crippen LogP contribution < -0.4 is 14.4 Å². The second kappa shape index (κ2) is 9.48. The topological polar surface area (TPSA) is 59.1 Å². The highest BCUT2D eigenvalue weighted by atomic mass is 15.1. The number of hydrogen-bond acceptors (Lipinski definition) is 3. The van der Waals surface area contributed by atoms with Crippen molar-refractivity contribution in [1.82, 2.24) is 0 Å². The minimum atomic E-state index is 0.596. The van der Waals surface area contributed by atoms with E-state index in [9.17, 15) is 0 Å². The number of benzene rings is 2. The number of aromatic nitrogens is 1. The lowest BCUT2D eigenvalue weighted by atomic mass is 10.1. The first kappa shape index (κ1) is 20.7. The highest BCUT2D eigenvalue weighted by molar-refractivity contribution is 5.91. The van der Waals surface area contributed by atoms with Gasteiger partial charge in [0.05, 0.1) is 0 Å². The van der Waals surface area contributed by atoms with E-state index < -0.39 is 0 Å². The van der Waals surface area contributed by atoms with Crippen molar-refractivity contribution in [2.24, 2.45) is 5.11 Å². The Morgan fingerprint density at radius 1 is 0.793 bits per heavy atom. The molecule has 0 amide bonds. The van der Waals surface area contributed by atoms with Crippen molar-refractivity contribution in [2.45, 2.75) is 32.2 Å². The van der Waals surface area contributed by atoms with Crippen molar-refractivity contribution in [3.05, 3.63) is 52.9 Å². The molecule has 0 spiro atoms. The molecule has 0 aliphatic carbocycles. The molecule has 0 unspecified atom stereocenters. The average molecular weight is 392 g/mol. The first-order valence-corrected chi connectivity index (χ1v) is 10.3. The lowest BCUT2D eigenvalue weighted by Crippen LogP contribution is -2.36. The third kappa shape index (κ3) is 4.90. The Morgan fingerprint density at radius 3 is 1.86 bits per heavy atom. The van der Waals surface area contributed by atoms with Crippen LogP contribution in [0.25, 0.3) is 32.2 Å². The third-order valence-electron chi connectivity index (χ3n) is 5.41. The molecule has 0 aliphatic heterocycles. The molecule has 0 radical (unpaired) electrons. The first-order valence-electron chi connectivity index (χ1n) is 10.3. The molecule has 0 saturated heterocycles. The molecule has 0 atom stereocenters. The number of aryl methyl sites for hydroxylation is 1. The zero-order chi connectivity index (χ0) is 20.8. The van der Waals surface area contributed by atoms with Gasteiger partial charge in [-0.1, -0.05) is 11.5 Å². The molecular weight excluding hydrogens is 360 g/mol. The van der Waals surface area contributed by atoms with Crippen LogP contribution in [0, 0.1) is 0 Å². The minimum Gasteiger partial charge on any atom is -0.377 e. The second-order valence-electron chi connectivity index (χ2n) is 7.94. The molecule has 6 heteroatoms. The average Bonchev–Trinajstić information content (AvgIpc) is 2.71. The maximum Gasteiger partial charge on any atom is 0.215 e. The van der Waals surface area contributed by atoms with Gasteiger partial charge in [-0.15, -0.1) is 0 Å². The fraction of sp³-hybridized carbons (Fsp3) is 0.435. The van der Waals surface area contributed by atoms with Crippen LogP contribution in [0.15, 0.2) is 47.6 Å². The largest absolute Gasteiger partial charge is 0.377 e. The number of hydrogen-bond donors (Lipinski definition) is 0. The van der Waals surface area contributed by atoms with Crippen LogP contribution in [0.5, 0.6) is 0 Å². The third-order valence-corrected chi connectivity index (χ3v) is 5.41. The Balaban J connectivity index is 1.98. The maximum absolute atomic E-state index is 8.39. The molecule has 0 bridgehead atoms. The summed E-state index contributed by atoms with van der Waals surface area (Å²) in [5, 5.41) is 6.16. The number of unbranched alkanes of at least 4 members (excludes halogenated alkanes) is 3. The van der Waals surface area contributed by atoms with E-state index in [0.29, 0.717) is 6.54 Å². The molecule has 0 fully saturated rings. The quantitative estimate of drug-likeness (QED) is 0.124. The number of anilines is 2. The Labute approximate surface area is 173 Å². The van der Waals surface area contributed by atoms with Gasteiger partial charge >= 0.3 is 0 Å². The number of fused-ring (bicyclic) bond motifs is 2. The highest BCUT2D eigenvalue weighted by Gasteiger charge is 2.17. The van der Waals surface area contributed by atoms with Crippen molar-refractivity contribution in [1.29, 1.82) is 0 Å². The molecule has 152 valence electrons. The number of rotatable bonds is 9. The lowest BCUT2D eigenvalue weighted by Gasteiger charge is -2.15. The van der Waals surface area contributed by atoms with Gasteiger partial charge in [-0.3, -0.25) is 0 Å². The van der Waals surface area contributed by atoms with Crippen LogP contribution in [-0.2, 0) is 6.54 Å². The van der Waals surface area contributed by atoms with Gasteiger partial charge in [0.1, 0.15) is 6.54 Å². The Kier molecular flexibility index (Phi) is 6.78. The second-order valence-corrected chi connectivity index (χ2v) is 7.94. The van der Waals surface area contributed by atoms with Gasteiger partial charge in [-0.25, -0.2) is 0 Å². The summed E-state index contributed by atoms with van der Waals surface area (Å²) in [5.41, 5.74) is 13.4. The van der Waals surface area contributed by atoms with Crippen LogP contribution in [0.3, 0.4) is 0 Å². The van der Waals surface area contributed by atoms with Crippen molar-refractivity contribution < 1.29 is 4.57 Å². The zero-order valence-corrected chi connectivity index (χ0v) is 18.0. The van der Waals surface area contributed by atoms with E-state index in [0.717, 1.165) is 32.2 Å². The van der Waals surface area contributed by atoms with Crippen molar-refractivity contribution in [2.75, 3.05) is 44.5 Å². The fourth-order valence-electron chi connectivity index (χ4n) is 3.72. The highest BCUT2D eigenvalue weighted by Crippen LogP contribution is 2.25. The molecule has 6 nitrogen and oxygen atoms in total. The molecule has 3 aromatic rings. The van der Waals surface area contributed by atoms with Gasteiger partial charge < -0.3 is 9.80 Å². The van der Waals surface area contributed by atoms with E-state index in [1.807, 2.05) is 0 Å². The van der Waals surface area contributed by atoms with E-state index in [1.54, 1.807) is 0 Å². The summed E-state index contributed by atoms with van der Waals surface area (Å²) in [6.07, 6.45) is 4.29. The van der Waals surface area contributed by atoms with Gasteiger partial charge in [0.25, 0.3) is 0 Å². The molecular formula is C23H31N6+. The molecule has 29 heavy (non-hydrogen) atoms. The molecule has 0 N–H and O–H groups in total. The summed E-state index contributed by atoms with van der Waals surface area (Å²) in [6.45, 7) is 1.57. The monoisotopic (exact) mass is 391 g/mol. The minimum absolute atomic E-state index is 0.596. The van der Waals surface area contributed by atoms with Crippen molar-refractivity contribution in [3.63, 3.8) is 0 Å². The van der Waals surface area contributed by atoms with Gasteiger partial charge in [0, 0.05) is 80.3 Å². The summed E-state index contributed by atoms with van der Waals surface area (Å²) >= 11 is 0. The maximum atomic E-state index is 8.39. The van der Waals surface area contributed by atoms with Gasteiger partial charge in [-0.05, 0) is 48.7 Å². The van der Waals surface area contributed by atoms with Crippen molar-refractivity contribution in [3.8, 4) is 0 Å². The van der Waals surface area contributed by atoms with Crippen LogP contribution in [0.2, 0.25) is 0 Å². The number of nitrogens with zero attached hydrogens (tertiary/aromatic N) is 6. The standard InChI is InChI=1S/C23H31N6/c1-27(2)20-11-9-18-15-19-10-12-21(28(3)4)17-23(19)29(22(18)16-20)14-8-6-5-7-13-25-26-24/h9-12,15-17H,5-8,13-14H2,1-4H3/q+1. The summed E-state index contributed by atoms with van der Waals surface area (Å²) in [4.78, 5) is 7.13. The number of pyridine rings is 1. The summed E-state index contributed by atoms with van der Waals surface area (Å²) in [7, 11) is 8.34. The fourth-order valence-corrected chi connectivity index (χ4v) is 3.72. The van der Waals surface area contributed by atoms with Gasteiger partial charge in [0.15, 0.2) is 0 Å². The lowest BCUT2D eigenvalue weighted by molar-refractivity contribution is -0.645. The number of azide groups is 1. The van der Waals surface area contributed by atoms with Gasteiger partial charge in [-0.2, -0.15) is 4.57 Å². The van der Waals surface area contributed by atoms with Crippen molar-refractivity contribution >= 4 is 33.2 Å². The van der Waals surface area contributed by atoms with Crippen LogP contribution in [-0.4, -0.2) is 34.7 Å². The van der Waals surface area contributed by atoms with E-state index in [-0.39, 0.29) is 0 Å². The predicted octanol–water partition coefficient (Wildman–Crippen LogP) is 5.28. The Hall–Kier alpha value is -2.98. The summed E-state index contributed by atoms with van der Waals surface area (Å²) in [5.74, 6) is 0. The molecule has 2 aromatic carbocycles. The first-order chi connectivity index (χ1) is 14.0. The van der Waals surface area contributed by atoms with E-state index in [1.165, 1.54) is 33.2 Å². The van der Waals surface area contributed by atoms with E-state index in [4.69, 9.17) is 5.53 Å². The molecule has 3 rings (SSSR count). The van der Waals surface area contributed by atoms with Crippen LogP contribution >= 0.6 is 0 Å². The Morgan fingerprint density at radius 2 is 1.34 bits per heavy atom.